The summed E-state index contributed by atoms with van der Waals surface area (Å²) in [5.74, 6) is 0.0430. The molecule has 3 N–H and O–H groups in total. The third-order valence-corrected chi connectivity index (χ3v) is 17.6. The molecule has 0 spiro atoms. The van der Waals surface area contributed by atoms with Crippen LogP contribution in [-0.2, 0) is 65.4 Å². The Bertz CT molecular complexity index is 1650. The molecule has 0 aliphatic rings. The maximum absolute atomic E-state index is 13.0. The van der Waals surface area contributed by atoms with E-state index < -0.39 is 97.5 Å². The van der Waals surface area contributed by atoms with Crippen LogP contribution in [0.2, 0.25) is 0 Å². The van der Waals surface area contributed by atoms with Crippen molar-refractivity contribution in [1.29, 1.82) is 0 Å². The minimum atomic E-state index is -4.94. The van der Waals surface area contributed by atoms with Crippen molar-refractivity contribution in [2.24, 2.45) is 17.8 Å². The average Bonchev–Trinajstić information content (AvgIpc) is 3.46. The molecule has 0 aromatic carbocycles. The summed E-state index contributed by atoms with van der Waals surface area (Å²) in [6.45, 7) is 11.7. The Morgan fingerprint density at radius 2 is 0.578 bits per heavy atom. The highest BCUT2D eigenvalue weighted by Gasteiger charge is 2.30. The Hall–Kier alpha value is -1.94. The number of ether oxygens (including phenoxy) is 4. The molecule has 0 amide bonds. The highest BCUT2D eigenvalue weighted by molar-refractivity contribution is 7.47. The number of hydrogen-bond acceptors (Lipinski definition) is 15. The molecule has 8 atom stereocenters. The first-order chi connectivity index (χ1) is 39.8. The van der Waals surface area contributed by atoms with Crippen molar-refractivity contribution in [2.75, 3.05) is 39.6 Å². The van der Waals surface area contributed by atoms with E-state index in [1.807, 2.05) is 0 Å². The molecule has 19 heteroatoms. The highest BCUT2D eigenvalue weighted by atomic mass is 31.2. The molecule has 0 aliphatic heterocycles. The van der Waals surface area contributed by atoms with Gasteiger partial charge in [-0.15, -0.1) is 0 Å². The second-order valence-electron chi connectivity index (χ2n) is 23.9. The fourth-order valence-corrected chi connectivity index (χ4v) is 11.0. The van der Waals surface area contributed by atoms with Crippen LogP contribution in [-0.4, -0.2) is 96.7 Å². The number of carbonyl (C=O) groups is 4. The second kappa shape index (κ2) is 55.4. The van der Waals surface area contributed by atoms with E-state index in [1.54, 1.807) is 0 Å². The smallest absolute Gasteiger partial charge is 0.462 e. The van der Waals surface area contributed by atoms with Gasteiger partial charge in [0.1, 0.15) is 19.3 Å². The van der Waals surface area contributed by atoms with E-state index in [0.29, 0.717) is 25.7 Å². The van der Waals surface area contributed by atoms with Crippen LogP contribution in [0.3, 0.4) is 0 Å². The monoisotopic (exact) mass is 1230 g/mol. The number of phosphoric acid groups is 2. The lowest BCUT2D eigenvalue weighted by Crippen LogP contribution is -2.30. The van der Waals surface area contributed by atoms with Crippen LogP contribution >= 0.6 is 15.6 Å². The van der Waals surface area contributed by atoms with Gasteiger partial charge in [-0.25, -0.2) is 9.13 Å². The number of esters is 4. The van der Waals surface area contributed by atoms with Gasteiger partial charge in [0.2, 0.25) is 0 Å². The summed E-state index contributed by atoms with van der Waals surface area (Å²) in [7, 11) is -9.89. The Morgan fingerprint density at radius 3 is 0.855 bits per heavy atom. The van der Waals surface area contributed by atoms with Crippen LogP contribution in [0.15, 0.2) is 0 Å². The molecule has 0 bridgehead atoms. The lowest BCUT2D eigenvalue weighted by Gasteiger charge is -2.21. The highest BCUT2D eigenvalue weighted by Crippen LogP contribution is 2.45. The molecule has 0 radical (unpaired) electrons. The SMILES string of the molecule is CCCCCCCCCCCCCCCC(=O)O[C@H](COC(=O)CCCCCCCCC(C)CC)COP(=O)(O)OC[C@@H](O)COP(=O)(O)OC[C@@H](COC(=O)CCCCCCCCC(C)CC)OC(=O)CCCCCCCCC(C)CC. The maximum atomic E-state index is 13.0. The Balaban J connectivity index is 5.26. The van der Waals surface area contributed by atoms with E-state index in [1.165, 1.54) is 109 Å². The molecule has 0 rings (SSSR count). The first-order valence-corrected chi connectivity index (χ1v) is 36.5. The third kappa shape index (κ3) is 55.1. The van der Waals surface area contributed by atoms with Crippen LogP contribution < -0.4 is 0 Å². The van der Waals surface area contributed by atoms with Crippen LogP contribution in [0.25, 0.3) is 0 Å². The molecule has 0 fully saturated rings. The van der Waals surface area contributed by atoms with E-state index in [0.717, 1.165) is 120 Å². The van der Waals surface area contributed by atoms with Crippen LogP contribution in [0.5, 0.6) is 0 Å². The van der Waals surface area contributed by atoms with E-state index >= 15 is 0 Å². The van der Waals surface area contributed by atoms with Crippen molar-refractivity contribution < 1.29 is 80.2 Å². The van der Waals surface area contributed by atoms with Gasteiger partial charge in [0.25, 0.3) is 0 Å². The summed E-state index contributed by atoms with van der Waals surface area (Å²) < 4.78 is 68.0. The number of hydrogen-bond donors (Lipinski definition) is 3. The van der Waals surface area contributed by atoms with E-state index in [4.69, 9.17) is 37.0 Å². The lowest BCUT2D eigenvalue weighted by molar-refractivity contribution is -0.161. The minimum absolute atomic E-state index is 0.102. The molecule has 5 unspecified atom stereocenters. The van der Waals surface area contributed by atoms with Crippen molar-refractivity contribution in [3.63, 3.8) is 0 Å². The number of aliphatic hydroxyl groups is 1. The van der Waals surface area contributed by atoms with Gasteiger partial charge < -0.3 is 33.8 Å². The van der Waals surface area contributed by atoms with Gasteiger partial charge in [-0.05, 0) is 43.4 Å². The molecule has 0 aliphatic carbocycles. The predicted molar refractivity (Wildman–Crippen MR) is 331 cm³/mol. The fourth-order valence-electron chi connectivity index (χ4n) is 9.38. The van der Waals surface area contributed by atoms with E-state index in [2.05, 4.69) is 48.5 Å². The largest absolute Gasteiger partial charge is 0.472 e. The molecular weight excluding hydrogens is 1100 g/mol. The average molecular weight is 1230 g/mol. The van der Waals surface area contributed by atoms with Crippen molar-refractivity contribution in [1.82, 2.24) is 0 Å². The Morgan fingerprint density at radius 1 is 0.337 bits per heavy atom. The van der Waals surface area contributed by atoms with Gasteiger partial charge in [0.05, 0.1) is 26.4 Å². The summed E-state index contributed by atoms with van der Waals surface area (Å²) in [4.78, 5) is 72.2. The van der Waals surface area contributed by atoms with Crippen molar-refractivity contribution >= 4 is 39.5 Å². The summed E-state index contributed by atoms with van der Waals surface area (Å²) in [6.07, 6.45) is 36.2. The quantitative estimate of drug-likeness (QED) is 0.0222. The fraction of sp³-hybridized carbons (Fsp3) is 0.938. The third-order valence-electron chi connectivity index (χ3n) is 15.7. The molecule has 0 saturated carbocycles. The lowest BCUT2D eigenvalue weighted by atomic mass is 10.00. The number of aliphatic hydroxyl groups excluding tert-OH is 1. The number of rotatable bonds is 62. The number of phosphoric ester groups is 2. The Kier molecular flexibility index (Phi) is 54.1. The standard InChI is InChI=1S/C64H124O17P2/c1-8-12-13-14-15-16-17-18-19-20-21-33-40-47-63(68)80-59(51-74-61(66)45-38-31-25-22-28-35-42-55(5)9-2)53-78-82(70,71)76-49-58(65)50-77-83(72,73)79-54-60(81-64(69)48-41-34-27-24-30-37-44-57(7)11-4)52-75-62(67)46-39-32-26-23-29-36-43-56(6)10-3/h55-60,65H,8-54H2,1-7H3,(H,70,71)(H,72,73)/t55?,56?,57?,58-,59-,60-/m1/s1. The zero-order chi connectivity index (χ0) is 61.7. The topological polar surface area (TPSA) is 237 Å². The van der Waals surface area contributed by atoms with E-state index in [-0.39, 0.29) is 25.7 Å². The number of carbonyl (C=O) groups excluding carboxylic acids is 4. The van der Waals surface area contributed by atoms with Crippen molar-refractivity contribution in [3.05, 3.63) is 0 Å². The Labute approximate surface area is 505 Å². The van der Waals surface area contributed by atoms with Gasteiger partial charge in [0.15, 0.2) is 12.2 Å². The van der Waals surface area contributed by atoms with Gasteiger partial charge in [-0.2, -0.15) is 0 Å². The van der Waals surface area contributed by atoms with Crippen LogP contribution in [0, 0.1) is 17.8 Å². The molecule has 0 aromatic heterocycles. The van der Waals surface area contributed by atoms with Crippen LogP contribution in [0.1, 0.15) is 312 Å². The van der Waals surface area contributed by atoms with Gasteiger partial charge in [-0.3, -0.25) is 37.3 Å². The minimum Gasteiger partial charge on any atom is -0.462 e. The maximum Gasteiger partial charge on any atom is 0.472 e. The van der Waals surface area contributed by atoms with Gasteiger partial charge in [0, 0.05) is 25.7 Å². The van der Waals surface area contributed by atoms with Gasteiger partial charge >= 0.3 is 39.5 Å². The molecule has 0 saturated heterocycles. The molecule has 0 heterocycles. The summed E-state index contributed by atoms with van der Waals surface area (Å²) in [6, 6.07) is 0. The molecule has 492 valence electrons. The molecule has 0 aromatic rings. The molecule has 83 heavy (non-hydrogen) atoms. The predicted octanol–water partition coefficient (Wildman–Crippen LogP) is 17.5. The summed E-state index contributed by atoms with van der Waals surface area (Å²) in [5, 5.41) is 10.5. The normalized spacial score (nSPS) is 15.3. The van der Waals surface area contributed by atoms with E-state index in [9.17, 15) is 43.2 Å². The molecular formula is C64H124O17P2. The van der Waals surface area contributed by atoms with Crippen LogP contribution in [0.4, 0.5) is 0 Å². The molecule has 17 nitrogen and oxygen atoms in total. The summed E-state index contributed by atoms with van der Waals surface area (Å²) in [5.41, 5.74) is 0. The van der Waals surface area contributed by atoms with Crippen molar-refractivity contribution in [2.45, 2.75) is 330 Å². The number of unbranched alkanes of at least 4 members (excludes halogenated alkanes) is 27. The van der Waals surface area contributed by atoms with Gasteiger partial charge in [-0.1, -0.05) is 260 Å². The summed E-state index contributed by atoms with van der Waals surface area (Å²) >= 11 is 0. The first-order valence-electron chi connectivity index (χ1n) is 33.5. The second-order valence-corrected chi connectivity index (χ2v) is 26.8. The zero-order valence-corrected chi connectivity index (χ0v) is 55.4. The van der Waals surface area contributed by atoms with Crippen molar-refractivity contribution in [3.8, 4) is 0 Å². The first kappa shape index (κ1) is 81.1. The zero-order valence-electron chi connectivity index (χ0n) is 53.6.